The summed E-state index contributed by atoms with van der Waals surface area (Å²) in [4.78, 5) is 24.3. The second kappa shape index (κ2) is 10.3. The van der Waals surface area contributed by atoms with Crippen molar-refractivity contribution in [1.29, 1.82) is 0 Å². The van der Waals surface area contributed by atoms with Gasteiger partial charge in [-0.25, -0.2) is 0 Å². The summed E-state index contributed by atoms with van der Waals surface area (Å²) in [7, 11) is 0. The van der Waals surface area contributed by atoms with Crippen LogP contribution in [0.15, 0.2) is 18.2 Å². The number of unbranched alkanes of at least 4 members (excludes halogenated alkanes) is 1. The Bertz CT molecular complexity index is 908. The predicted molar refractivity (Wildman–Crippen MR) is 118 cm³/mol. The Morgan fingerprint density at radius 3 is 2.45 bits per heavy atom. The van der Waals surface area contributed by atoms with E-state index in [0.717, 1.165) is 47.5 Å². The maximum absolute atomic E-state index is 12.2. The third-order valence-corrected chi connectivity index (χ3v) is 5.00. The molecule has 2 N–H and O–H groups in total. The smallest absolute Gasteiger partial charge is 0.244 e. The molecule has 6 nitrogen and oxygen atoms in total. The summed E-state index contributed by atoms with van der Waals surface area (Å²) >= 11 is 6.36. The van der Waals surface area contributed by atoms with Crippen LogP contribution in [-0.4, -0.2) is 28.1 Å². The van der Waals surface area contributed by atoms with E-state index < -0.39 is 0 Å². The van der Waals surface area contributed by atoms with Crippen LogP contribution in [0.2, 0.25) is 5.15 Å². The monoisotopic (exact) mass is 416 g/mol. The number of aryl methyl sites for hydroxylation is 5. The average molecular weight is 417 g/mol. The average Bonchev–Trinajstić information content (AvgIpc) is 2.92. The number of hydrogen-bond donors (Lipinski definition) is 2. The summed E-state index contributed by atoms with van der Waals surface area (Å²) in [5.41, 5.74) is 5.39. The van der Waals surface area contributed by atoms with Crippen molar-refractivity contribution >= 4 is 35.2 Å². The highest BCUT2D eigenvalue weighted by Gasteiger charge is 2.12. The van der Waals surface area contributed by atoms with Gasteiger partial charge in [0, 0.05) is 23.9 Å². The number of aromatic nitrogens is 2. The minimum atomic E-state index is -0.366. The van der Waals surface area contributed by atoms with Crippen molar-refractivity contribution in [3.63, 3.8) is 0 Å². The summed E-state index contributed by atoms with van der Waals surface area (Å²) in [5.74, 6) is -0.641. The highest BCUT2D eigenvalue weighted by molar-refractivity contribution is 6.31. The molecule has 7 heteroatoms. The summed E-state index contributed by atoms with van der Waals surface area (Å²) in [5, 5.41) is 10.4. The molecule has 1 aromatic heterocycles. The van der Waals surface area contributed by atoms with Crippen LogP contribution in [0.3, 0.4) is 0 Å². The van der Waals surface area contributed by atoms with Crippen molar-refractivity contribution in [2.45, 2.75) is 54.0 Å². The van der Waals surface area contributed by atoms with E-state index in [2.05, 4.69) is 22.7 Å². The molecule has 1 heterocycles. The van der Waals surface area contributed by atoms with Crippen LogP contribution in [0.25, 0.3) is 6.08 Å². The molecule has 0 unspecified atom stereocenters. The maximum Gasteiger partial charge on any atom is 0.244 e. The molecule has 0 radical (unpaired) electrons. The zero-order valence-electron chi connectivity index (χ0n) is 17.7. The maximum atomic E-state index is 12.2. The van der Waals surface area contributed by atoms with Crippen molar-refractivity contribution in [1.82, 2.24) is 15.1 Å². The molecule has 1 aromatic carbocycles. The Kier molecular flexibility index (Phi) is 8.02. The van der Waals surface area contributed by atoms with Gasteiger partial charge in [0.25, 0.3) is 0 Å². The van der Waals surface area contributed by atoms with E-state index in [9.17, 15) is 9.59 Å². The van der Waals surface area contributed by atoms with Gasteiger partial charge < -0.3 is 10.6 Å². The molecule has 156 valence electrons. The molecule has 0 spiro atoms. The number of hydrogen-bond acceptors (Lipinski definition) is 3. The van der Waals surface area contributed by atoms with Crippen molar-refractivity contribution in [3.05, 3.63) is 51.3 Å². The van der Waals surface area contributed by atoms with E-state index in [4.69, 9.17) is 11.6 Å². The molecule has 0 saturated heterocycles. The number of carbonyl (C=O) groups is 2. The number of rotatable bonds is 8. The SMILES string of the molecule is CCCCn1nc(C)c(/C=C/C(=O)NCC(=O)Nc2c(C)cc(C)cc2C)c1Cl. The van der Waals surface area contributed by atoms with Gasteiger partial charge >= 0.3 is 0 Å². The predicted octanol–water partition coefficient (Wildman–Crippen LogP) is 4.34. The first kappa shape index (κ1) is 22.7. The molecule has 2 amide bonds. The Hall–Kier alpha value is -2.60. The molecule has 0 atom stereocenters. The fourth-order valence-corrected chi connectivity index (χ4v) is 3.48. The largest absolute Gasteiger partial charge is 0.343 e. The van der Waals surface area contributed by atoms with Crippen LogP contribution in [-0.2, 0) is 16.1 Å². The number of nitrogens with one attached hydrogen (secondary N) is 2. The summed E-state index contributed by atoms with van der Waals surface area (Å²) < 4.78 is 1.75. The molecule has 0 aliphatic heterocycles. The molecular weight excluding hydrogens is 388 g/mol. The highest BCUT2D eigenvalue weighted by atomic mass is 35.5. The van der Waals surface area contributed by atoms with Crippen molar-refractivity contribution in [2.24, 2.45) is 0 Å². The van der Waals surface area contributed by atoms with E-state index in [1.165, 1.54) is 6.08 Å². The summed E-state index contributed by atoms with van der Waals surface area (Å²) in [6.07, 6.45) is 5.04. The Morgan fingerprint density at radius 1 is 1.17 bits per heavy atom. The molecule has 29 heavy (non-hydrogen) atoms. The molecule has 0 aliphatic carbocycles. The first-order valence-electron chi connectivity index (χ1n) is 9.79. The van der Waals surface area contributed by atoms with E-state index in [-0.39, 0.29) is 18.4 Å². The molecule has 0 bridgehead atoms. The van der Waals surface area contributed by atoms with Gasteiger partial charge in [-0.1, -0.05) is 42.6 Å². The van der Waals surface area contributed by atoms with E-state index >= 15 is 0 Å². The lowest BCUT2D eigenvalue weighted by molar-refractivity contribution is -0.121. The Morgan fingerprint density at radius 2 is 1.83 bits per heavy atom. The zero-order valence-corrected chi connectivity index (χ0v) is 18.5. The van der Waals surface area contributed by atoms with Crippen molar-refractivity contribution in [2.75, 3.05) is 11.9 Å². The molecule has 0 aliphatic rings. The standard InChI is InChI=1S/C22H29ClN4O2/c1-6-7-10-27-22(23)18(17(5)26-27)8-9-19(28)24-13-20(29)25-21-15(3)11-14(2)12-16(21)4/h8-9,11-12H,6-7,10,13H2,1-5H3,(H,24,28)(H,25,29)/b9-8+. The molecule has 0 fully saturated rings. The number of halogens is 1. The molecule has 2 rings (SSSR count). The van der Waals surface area contributed by atoms with Crippen LogP contribution in [0.1, 0.15) is 47.7 Å². The van der Waals surface area contributed by atoms with Gasteiger partial charge in [-0.15, -0.1) is 0 Å². The lowest BCUT2D eigenvalue weighted by Crippen LogP contribution is -2.32. The quantitative estimate of drug-likeness (QED) is 0.628. The van der Waals surface area contributed by atoms with Crippen molar-refractivity contribution in [3.8, 4) is 0 Å². The minimum absolute atomic E-state index is 0.113. The van der Waals surface area contributed by atoms with Crippen LogP contribution in [0.4, 0.5) is 5.69 Å². The van der Waals surface area contributed by atoms with Crippen molar-refractivity contribution < 1.29 is 9.59 Å². The van der Waals surface area contributed by atoms with Crippen LogP contribution in [0.5, 0.6) is 0 Å². The van der Waals surface area contributed by atoms with E-state index in [1.807, 2.05) is 39.8 Å². The van der Waals surface area contributed by atoms with Gasteiger partial charge in [0.15, 0.2) is 0 Å². The molecule has 2 aromatic rings. The van der Waals surface area contributed by atoms with Gasteiger partial charge in [0.05, 0.1) is 12.2 Å². The summed E-state index contributed by atoms with van der Waals surface area (Å²) in [6.45, 7) is 10.5. The van der Waals surface area contributed by atoms with Gasteiger partial charge in [-0.3, -0.25) is 14.3 Å². The van der Waals surface area contributed by atoms with Gasteiger partial charge in [-0.05, 0) is 51.3 Å². The Labute approximate surface area is 177 Å². The number of anilines is 1. The van der Waals surface area contributed by atoms with Gasteiger partial charge in [0.2, 0.25) is 11.8 Å². The number of amides is 2. The molecular formula is C22H29ClN4O2. The third-order valence-electron chi connectivity index (χ3n) is 4.60. The number of nitrogens with zero attached hydrogens (tertiary/aromatic N) is 2. The fourth-order valence-electron chi connectivity index (χ4n) is 3.16. The van der Waals surface area contributed by atoms with Crippen LogP contribution < -0.4 is 10.6 Å². The Balaban J connectivity index is 1.93. The van der Waals surface area contributed by atoms with E-state index in [1.54, 1.807) is 10.8 Å². The fraction of sp³-hybridized carbons (Fsp3) is 0.409. The number of carbonyl (C=O) groups excluding carboxylic acids is 2. The van der Waals surface area contributed by atoms with Crippen LogP contribution in [0, 0.1) is 27.7 Å². The van der Waals surface area contributed by atoms with E-state index in [0.29, 0.717) is 10.7 Å². The first-order valence-corrected chi connectivity index (χ1v) is 10.2. The summed E-state index contributed by atoms with van der Waals surface area (Å²) in [6, 6.07) is 4.02. The normalized spacial score (nSPS) is 11.1. The lowest BCUT2D eigenvalue weighted by Gasteiger charge is -2.13. The highest BCUT2D eigenvalue weighted by Crippen LogP contribution is 2.22. The molecule has 0 saturated carbocycles. The first-order chi connectivity index (χ1) is 13.7. The van der Waals surface area contributed by atoms with Gasteiger partial charge in [-0.2, -0.15) is 5.10 Å². The van der Waals surface area contributed by atoms with Gasteiger partial charge in [0.1, 0.15) is 5.15 Å². The third kappa shape index (κ3) is 6.19. The topological polar surface area (TPSA) is 76.0 Å². The second-order valence-electron chi connectivity index (χ2n) is 7.24. The number of benzene rings is 1. The zero-order chi connectivity index (χ0) is 21.6. The second-order valence-corrected chi connectivity index (χ2v) is 7.60. The van der Waals surface area contributed by atoms with Crippen LogP contribution >= 0.6 is 11.6 Å². The lowest BCUT2D eigenvalue weighted by atomic mass is 10.1. The minimum Gasteiger partial charge on any atom is -0.343 e.